The predicted molar refractivity (Wildman–Crippen MR) is 149 cm³/mol. The van der Waals surface area contributed by atoms with Crippen LogP contribution >= 0.6 is 54.5 Å². The predicted octanol–water partition coefficient (Wildman–Crippen LogP) is 7.09. The molecular formula is C26H18Br2INO5. The largest absolute Gasteiger partial charge is 0.490 e. The molecule has 35 heavy (non-hydrogen) atoms. The summed E-state index contributed by atoms with van der Waals surface area (Å²) in [5.41, 5.74) is 2.92. The highest BCUT2D eigenvalue weighted by Gasteiger charge is 2.25. The maximum Gasteiger partial charge on any atom is 0.363 e. The van der Waals surface area contributed by atoms with Crippen molar-refractivity contribution in [3.05, 3.63) is 95.1 Å². The zero-order chi connectivity index (χ0) is 25.1. The Morgan fingerprint density at radius 1 is 1.09 bits per heavy atom. The molecule has 4 rings (SSSR count). The van der Waals surface area contributed by atoms with Crippen LogP contribution in [0.3, 0.4) is 0 Å². The molecule has 0 bridgehead atoms. The lowest BCUT2D eigenvalue weighted by Gasteiger charge is -2.13. The number of aryl methyl sites for hydroxylation is 1. The number of nitrogens with zero attached hydrogens (tertiary/aromatic N) is 1. The molecule has 0 fully saturated rings. The molecule has 0 unspecified atom stereocenters. The molecule has 0 spiro atoms. The number of benzene rings is 3. The highest BCUT2D eigenvalue weighted by atomic mass is 127. The molecule has 0 radical (unpaired) electrons. The van der Waals surface area contributed by atoms with Gasteiger partial charge in [-0.2, -0.15) is 0 Å². The van der Waals surface area contributed by atoms with Crippen molar-refractivity contribution in [3.63, 3.8) is 0 Å². The van der Waals surface area contributed by atoms with E-state index in [1.165, 1.54) is 0 Å². The fraction of sp³-hybridized carbons (Fsp3) is 0.115. The number of hydrogen-bond acceptors (Lipinski definition) is 6. The van der Waals surface area contributed by atoms with E-state index in [-0.39, 0.29) is 17.3 Å². The van der Waals surface area contributed by atoms with Gasteiger partial charge in [-0.15, -0.1) is 0 Å². The Morgan fingerprint density at radius 3 is 2.51 bits per heavy atom. The van der Waals surface area contributed by atoms with Crippen LogP contribution in [0.4, 0.5) is 0 Å². The van der Waals surface area contributed by atoms with Crippen LogP contribution in [0.2, 0.25) is 0 Å². The van der Waals surface area contributed by atoms with E-state index >= 15 is 0 Å². The van der Waals surface area contributed by atoms with Gasteiger partial charge in [0.2, 0.25) is 5.90 Å². The number of carbonyl (C=O) groups is 2. The summed E-state index contributed by atoms with van der Waals surface area (Å²) in [6, 6.07) is 16.1. The smallest absolute Gasteiger partial charge is 0.363 e. The minimum atomic E-state index is -0.557. The van der Waals surface area contributed by atoms with E-state index in [0.29, 0.717) is 33.5 Å². The van der Waals surface area contributed by atoms with Crippen molar-refractivity contribution < 1.29 is 23.8 Å². The van der Waals surface area contributed by atoms with Crippen molar-refractivity contribution in [1.29, 1.82) is 0 Å². The first-order valence-electron chi connectivity index (χ1n) is 10.5. The van der Waals surface area contributed by atoms with Gasteiger partial charge in [0.25, 0.3) is 0 Å². The van der Waals surface area contributed by atoms with E-state index in [4.69, 9.17) is 14.2 Å². The van der Waals surface area contributed by atoms with E-state index in [1.54, 1.807) is 30.3 Å². The summed E-state index contributed by atoms with van der Waals surface area (Å²) < 4.78 is 19.1. The van der Waals surface area contributed by atoms with Crippen LogP contribution in [-0.2, 0) is 9.53 Å². The average molecular weight is 711 g/mol. The standard InChI is InChI=1S/C26H18Br2INO5/c1-3-33-22-12-15(10-19(28)23(22)34-25(31)16-6-4-14(2)5-7-16)11-21-26(32)35-24(30-21)17-8-9-20(29)18(27)13-17/h4-13H,3H2,1-2H3/b21-11-. The molecule has 1 aliphatic rings. The van der Waals surface area contributed by atoms with E-state index in [9.17, 15) is 9.59 Å². The lowest BCUT2D eigenvalue weighted by Crippen LogP contribution is -2.10. The number of cyclic esters (lactones) is 1. The number of hydrogen-bond donors (Lipinski definition) is 0. The quantitative estimate of drug-likeness (QED) is 0.118. The Hall–Kier alpha value is -2.50. The molecule has 0 aromatic heterocycles. The SMILES string of the molecule is CCOc1cc(/C=C2\N=C(c3ccc(I)c(Br)c3)OC2=O)cc(Br)c1OC(=O)c1ccc(C)cc1. The van der Waals surface area contributed by atoms with Crippen LogP contribution in [0.25, 0.3) is 6.08 Å². The van der Waals surface area contributed by atoms with E-state index < -0.39 is 11.9 Å². The molecule has 1 aliphatic heterocycles. The third kappa shape index (κ3) is 6.02. The summed E-state index contributed by atoms with van der Waals surface area (Å²) in [6.45, 7) is 4.13. The second-order valence-corrected chi connectivity index (χ2v) is 10.4. The molecule has 6 nitrogen and oxygen atoms in total. The Kier molecular flexibility index (Phi) is 8.08. The highest BCUT2D eigenvalue weighted by Crippen LogP contribution is 2.38. The molecule has 9 heteroatoms. The van der Waals surface area contributed by atoms with Crippen molar-refractivity contribution >= 4 is 78.4 Å². The van der Waals surface area contributed by atoms with Crippen LogP contribution < -0.4 is 9.47 Å². The molecule has 0 atom stereocenters. The number of halogens is 3. The van der Waals surface area contributed by atoms with E-state index in [1.807, 2.05) is 44.2 Å². The zero-order valence-corrected chi connectivity index (χ0v) is 23.9. The van der Waals surface area contributed by atoms with Gasteiger partial charge in [0, 0.05) is 13.6 Å². The third-order valence-electron chi connectivity index (χ3n) is 4.90. The highest BCUT2D eigenvalue weighted by molar-refractivity contribution is 14.1. The summed E-state index contributed by atoms with van der Waals surface area (Å²) >= 11 is 9.14. The van der Waals surface area contributed by atoms with Crippen molar-refractivity contribution in [1.82, 2.24) is 0 Å². The normalized spacial score (nSPS) is 14.0. The molecule has 3 aromatic carbocycles. The van der Waals surface area contributed by atoms with Gasteiger partial charge in [0.05, 0.1) is 16.6 Å². The number of aliphatic imine (C=N–C) groups is 1. The lowest BCUT2D eigenvalue weighted by molar-refractivity contribution is -0.129. The molecule has 0 saturated carbocycles. The minimum absolute atomic E-state index is 0.147. The number of ether oxygens (including phenoxy) is 3. The molecule has 178 valence electrons. The molecule has 0 amide bonds. The van der Waals surface area contributed by atoms with Crippen LogP contribution in [0, 0.1) is 10.5 Å². The molecule has 0 aliphatic carbocycles. The van der Waals surface area contributed by atoms with Gasteiger partial charge in [0.1, 0.15) is 0 Å². The maximum absolute atomic E-state index is 12.7. The van der Waals surface area contributed by atoms with Crippen molar-refractivity contribution in [2.24, 2.45) is 4.99 Å². The summed E-state index contributed by atoms with van der Waals surface area (Å²) in [5, 5.41) is 0. The number of esters is 2. The Bertz CT molecular complexity index is 1380. The average Bonchev–Trinajstić information content (AvgIpc) is 3.18. The summed E-state index contributed by atoms with van der Waals surface area (Å²) in [7, 11) is 0. The molecule has 1 heterocycles. The number of rotatable bonds is 6. The summed E-state index contributed by atoms with van der Waals surface area (Å²) in [5.74, 6) is -0.229. The molecule has 0 saturated heterocycles. The Balaban J connectivity index is 1.64. The van der Waals surface area contributed by atoms with Gasteiger partial charge >= 0.3 is 11.9 Å². The molecule has 0 N–H and O–H groups in total. The van der Waals surface area contributed by atoms with Gasteiger partial charge < -0.3 is 14.2 Å². The molecule has 3 aromatic rings. The van der Waals surface area contributed by atoms with Gasteiger partial charge in [-0.1, -0.05) is 17.7 Å². The fourth-order valence-corrected chi connectivity index (χ4v) is 4.45. The minimum Gasteiger partial charge on any atom is -0.490 e. The number of carbonyl (C=O) groups excluding carboxylic acids is 2. The van der Waals surface area contributed by atoms with Crippen LogP contribution in [0.1, 0.15) is 34.0 Å². The first-order valence-corrected chi connectivity index (χ1v) is 13.1. The van der Waals surface area contributed by atoms with Gasteiger partial charge in [0.15, 0.2) is 17.2 Å². The summed E-state index contributed by atoms with van der Waals surface area (Å²) in [6.07, 6.45) is 1.59. The van der Waals surface area contributed by atoms with E-state index in [2.05, 4.69) is 59.4 Å². The van der Waals surface area contributed by atoms with E-state index in [0.717, 1.165) is 13.6 Å². The topological polar surface area (TPSA) is 74.2 Å². The first-order chi connectivity index (χ1) is 16.7. The van der Waals surface area contributed by atoms with Crippen LogP contribution in [-0.4, -0.2) is 24.4 Å². The second-order valence-electron chi connectivity index (χ2n) is 7.48. The Morgan fingerprint density at radius 2 is 1.83 bits per heavy atom. The first kappa shape index (κ1) is 25.6. The van der Waals surface area contributed by atoms with Crippen molar-refractivity contribution in [2.75, 3.05) is 6.61 Å². The van der Waals surface area contributed by atoms with Gasteiger partial charge in [-0.05, 0) is 122 Å². The second kappa shape index (κ2) is 11.0. The van der Waals surface area contributed by atoms with Crippen molar-refractivity contribution in [2.45, 2.75) is 13.8 Å². The van der Waals surface area contributed by atoms with Crippen LogP contribution in [0.15, 0.2) is 74.2 Å². The van der Waals surface area contributed by atoms with Gasteiger partial charge in [-0.25, -0.2) is 14.6 Å². The van der Waals surface area contributed by atoms with Crippen molar-refractivity contribution in [3.8, 4) is 11.5 Å². The third-order valence-corrected chi connectivity index (χ3v) is 7.83. The van der Waals surface area contributed by atoms with Gasteiger partial charge in [-0.3, -0.25) is 0 Å². The molecular weight excluding hydrogens is 693 g/mol. The monoisotopic (exact) mass is 709 g/mol. The lowest BCUT2D eigenvalue weighted by atomic mass is 10.1. The fourth-order valence-electron chi connectivity index (χ4n) is 3.19. The van der Waals surface area contributed by atoms with Crippen LogP contribution in [0.5, 0.6) is 11.5 Å². The zero-order valence-electron chi connectivity index (χ0n) is 18.6. The summed E-state index contributed by atoms with van der Waals surface area (Å²) in [4.78, 5) is 29.5. The Labute approximate surface area is 232 Å². The maximum atomic E-state index is 12.7.